The first kappa shape index (κ1) is 18.9. The Kier molecular flexibility index (Phi) is 6.67. The maximum absolute atomic E-state index is 6.02. The summed E-state index contributed by atoms with van der Waals surface area (Å²) >= 11 is 11.6. The van der Waals surface area contributed by atoms with Crippen LogP contribution in [-0.4, -0.2) is 47.6 Å². The molecular weight excluding hydrogens is 362 g/mol. The molecule has 3 rings (SSSR count). The Hall–Kier alpha value is -1.88. The fourth-order valence-electron chi connectivity index (χ4n) is 3.00. The van der Waals surface area contributed by atoms with Gasteiger partial charge in [-0.25, -0.2) is 0 Å². The first-order valence-electron chi connectivity index (χ1n) is 8.88. The number of anilines is 1. The van der Waals surface area contributed by atoms with Crippen LogP contribution in [0.25, 0.3) is 6.08 Å². The number of hydrogen-bond acceptors (Lipinski definition) is 2. The fourth-order valence-corrected chi connectivity index (χ4v) is 3.52. The molecule has 0 atom stereocenters. The SMILES string of the molecule is Cc1cc(Cl)ccc1NC(=S)N1CCN(C/C=C/c2ccccc2)CC1. The molecule has 0 spiro atoms. The van der Waals surface area contributed by atoms with Crippen molar-refractivity contribution >= 4 is 40.7 Å². The van der Waals surface area contributed by atoms with Gasteiger partial charge >= 0.3 is 0 Å². The van der Waals surface area contributed by atoms with E-state index in [-0.39, 0.29) is 0 Å². The number of halogens is 1. The summed E-state index contributed by atoms with van der Waals surface area (Å²) in [6, 6.07) is 16.2. The van der Waals surface area contributed by atoms with Gasteiger partial charge in [-0.2, -0.15) is 0 Å². The third kappa shape index (κ3) is 5.31. The van der Waals surface area contributed by atoms with Crippen LogP contribution in [0, 0.1) is 6.92 Å². The van der Waals surface area contributed by atoms with Gasteiger partial charge in [0.2, 0.25) is 0 Å². The zero-order chi connectivity index (χ0) is 18.4. The molecule has 2 aromatic carbocycles. The highest BCUT2D eigenvalue weighted by Gasteiger charge is 2.18. The van der Waals surface area contributed by atoms with Crippen LogP contribution in [0.4, 0.5) is 5.69 Å². The van der Waals surface area contributed by atoms with Crippen molar-refractivity contribution in [2.75, 3.05) is 38.0 Å². The van der Waals surface area contributed by atoms with Crippen LogP contribution in [0.2, 0.25) is 5.02 Å². The molecule has 1 saturated heterocycles. The first-order chi connectivity index (χ1) is 12.6. The number of piperazine rings is 1. The van der Waals surface area contributed by atoms with E-state index in [4.69, 9.17) is 23.8 Å². The van der Waals surface area contributed by atoms with Crippen molar-refractivity contribution < 1.29 is 0 Å². The Morgan fingerprint density at radius 1 is 1.12 bits per heavy atom. The maximum atomic E-state index is 6.02. The largest absolute Gasteiger partial charge is 0.346 e. The summed E-state index contributed by atoms with van der Waals surface area (Å²) in [5.41, 5.74) is 3.37. The lowest BCUT2D eigenvalue weighted by molar-refractivity contribution is 0.200. The van der Waals surface area contributed by atoms with Crippen LogP contribution >= 0.6 is 23.8 Å². The minimum Gasteiger partial charge on any atom is -0.346 e. The van der Waals surface area contributed by atoms with Gasteiger partial charge in [-0.3, -0.25) is 4.90 Å². The van der Waals surface area contributed by atoms with E-state index in [1.165, 1.54) is 5.56 Å². The Balaban J connectivity index is 1.45. The van der Waals surface area contributed by atoms with E-state index in [1.807, 2.05) is 31.2 Å². The lowest BCUT2D eigenvalue weighted by Gasteiger charge is -2.35. The molecule has 1 fully saturated rings. The molecule has 136 valence electrons. The van der Waals surface area contributed by atoms with Crippen LogP contribution in [-0.2, 0) is 0 Å². The second kappa shape index (κ2) is 9.17. The minimum absolute atomic E-state index is 0.746. The predicted octanol–water partition coefficient (Wildman–Crippen LogP) is 4.68. The van der Waals surface area contributed by atoms with Crippen molar-refractivity contribution in [3.8, 4) is 0 Å². The molecular formula is C21H24ClN3S. The zero-order valence-electron chi connectivity index (χ0n) is 15.0. The number of nitrogens with one attached hydrogen (secondary N) is 1. The third-order valence-electron chi connectivity index (χ3n) is 4.56. The van der Waals surface area contributed by atoms with E-state index < -0.39 is 0 Å². The average molecular weight is 386 g/mol. The fraction of sp³-hybridized carbons (Fsp3) is 0.286. The van der Waals surface area contributed by atoms with Gasteiger partial charge < -0.3 is 10.2 Å². The quantitative estimate of drug-likeness (QED) is 0.770. The number of thiocarbonyl (C=S) groups is 1. The standard InChI is InChI=1S/C21H24ClN3S/c1-17-16-19(22)9-10-20(17)23-21(26)25-14-12-24(13-15-25)11-5-8-18-6-3-2-4-7-18/h2-10,16H,11-15H2,1H3,(H,23,26)/b8-5+. The number of aryl methyl sites for hydroxylation is 1. The Labute approximate surface area is 166 Å². The van der Waals surface area contributed by atoms with Gasteiger partial charge in [0.1, 0.15) is 0 Å². The number of benzene rings is 2. The maximum Gasteiger partial charge on any atom is 0.173 e. The number of nitrogens with zero attached hydrogens (tertiary/aromatic N) is 2. The lowest BCUT2D eigenvalue weighted by Crippen LogP contribution is -2.49. The summed E-state index contributed by atoms with van der Waals surface area (Å²) in [6.07, 6.45) is 4.42. The molecule has 5 heteroatoms. The van der Waals surface area contributed by atoms with Gasteiger partial charge in [0.15, 0.2) is 5.11 Å². The van der Waals surface area contributed by atoms with Crippen molar-refractivity contribution in [1.82, 2.24) is 9.80 Å². The van der Waals surface area contributed by atoms with Crippen LogP contribution in [0.5, 0.6) is 0 Å². The molecule has 0 unspecified atom stereocenters. The van der Waals surface area contributed by atoms with Gasteiger partial charge in [-0.15, -0.1) is 0 Å². The topological polar surface area (TPSA) is 18.5 Å². The molecule has 0 aliphatic carbocycles. The van der Waals surface area contributed by atoms with E-state index in [0.717, 1.165) is 54.1 Å². The summed E-state index contributed by atoms with van der Waals surface area (Å²) in [6.45, 7) is 6.92. The molecule has 3 nitrogen and oxygen atoms in total. The molecule has 0 radical (unpaired) electrons. The lowest BCUT2D eigenvalue weighted by atomic mass is 10.2. The third-order valence-corrected chi connectivity index (χ3v) is 5.16. The van der Waals surface area contributed by atoms with Crippen molar-refractivity contribution in [2.24, 2.45) is 0 Å². The average Bonchev–Trinajstić information content (AvgIpc) is 2.65. The van der Waals surface area contributed by atoms with Gasteiger partial charge in [0, 0.05) is 43.4 Å². The molecule has 26 heavy (non-hydrogen) atoms. The highest BCUT2D eigenvalue weighted by Crippen LogP contribution is 2.20. The van der Waals surface area contributed by atoms with Crippen molar-refractivity contribution in [2.45, 2.75) is 6.92 Å². The van der Waals surface area contributed by atoms with Gasteiger partial charge in [-0.05, 0) is 48.5 Å². The van der Waals surface area contributed by atoms with Crippen LogP contribution < -0.4 is 5.32 Å². The molecule has 1 aliphatic heterocycles. The molecule has 1 aliphatic rings. The second-order valence-corrected chi connectivity index (χ2v) is 7.31. The van der Waals surface area contributed by atoms with E-state index in [0.29, 0.717) is 0 Å². The summed E-state index contributed by atoms with van der Waals surface area (Å²) in [5.74, 6) is 0. The summed E-state index contributed by atoms with van der Waals surface area (Å²) < 4.78 is 0. The molecule has 0 amide bonds. The summed E-state index contributed by atoms with van der Waals surface area (Å²) in [4.78, 5) is 4.69. The molecule has 1 heterocycles. The highest BCUT2D eigenvalue weighted by molar-refractivity contribution is 7.80. The van der Waals surface area contributed by atoms with E-state index in [1.54, 1.807) is 0 Å². The molecule has 0 bridgehead atoms. The summed E-state index contributed by atoms with van der Waals surface area (Å²) in [7, 11) is 0. The number of rotatable bonds is 4. The van der Waals surface area contributed by atoms with Crippen LogP contribution in [0.1, 0.15) is 11.1 Å². The van der Waals surface area contributed by atoms with Crippen LogP contribution in [0.15, 0.2) is 54.6 Å². The van der Waals surface area contributed by atoms with E-state index in [9.17, 15) is 0 Å². The molecule has 0 saturated carbocycles. The second-order valence-electron chi connectivity index (χ2n) is 6.49. The molecule has 1 N–H and O–H groups in total. The zero-order valence-corrected chi connectivity index (χ0v) is 16.6. The van der Waals surface area contributed by atoms with Crippen molar-refractivity contribution in [1.29, 1.82) is 0 Å². The van der Waals surface area contributed by atoms with Crippen molar-refractivity contribution in [3.63, 3.8) is 0 Å². The smallest absolute Gasteiger partial charge is 0.173 e. The van der Waals surface area contributed by atoms with Gasteiger partial charge in [0.25, 0.3) is 0 Å². The Bertz CT molecular complexity index is 768. The summed E-state index contributed by atoms with van der Waals surface area (Å²) in [5, 5.41) is 4.89. The minimum atomic E-state index is 0.746. The Morgan fingerprint density at radius 3 is 2.54 bits per heavy atom. The van der Waals surface area contributed by atoms with Crippen LogP contribution in [0.3, 0.4) is 0 Å². The monoisotopic (exact) mass is 385 g/mol. The van der Waals surface area contributed by atoms with E-state index in [2.05, 4.69) is 51.5 Å². The first-order valence-corrected chi connectivity index (χ1v) is 9.66. The van der Waals surface area contributed by atoms with E-state index >= 15 is 0 Å². The van der Waals surface area contributed by atoms with Gasteiger partial charge in [0.05, 0.1) is 0 Å². The highest BCUT2D eigenvalue weighted by atomic mass is 35.5. The van der Waals surface area contributed by atoms with Crippen molar-refractivity contribution in [3.05, 3.63) is 70.8 Å². The predicted molar refractivity (Wildman–Crippen MR) is 116 cm³/mol. The molecule has 2 aromatic rings. The van der Waals surface area contributed by atoms with Gasteiger partial charge in [-0.1, -0.05) is 54.1 Å². The Morgan fingerprint density at radius 2 is 1.85 bits per heavy atom. The molecule has 0 aromatic heterocycles. The normalized spacial score (nSPS) is 15.4. The number of hydrogen-bond donors (Lipinski definition) is 1.